The lowest BCUT2D eigenvalue weighted by Crippen LogP contribution is -1.97. The van der Waals surface area contributed by atoms with Crippen molar-refractivity contribution in [2.75, 3.05) is 0 Å². The highest BCUT2D eigenvalue weighted by molar-refractivity contribution is 8.14. The van der Waals surface area contributed by atoms with E-state index in [2.05, 4.69) is 4.98 Å². The highest BCUT2D eigenvalue weighted by Crippen LogP contribution is 2.28. The zero-order chi connectivity index (χ0) is 11.9. The van der Waals surface area contributed by atoms with E-state index in [1.54, 1.807) is 24.4 Å². The molecule has 0 atom stereocenters. The van der Waals surface area contributed by atoms with Crippen molar-refractivity contribution in [3.8, 4) is 0 Å². The third-order valence-corrected chi connectivity index (χ3v) is 3.99. The predicted octanol–water partition coefficient (Wildman–Crippen LogP) is 2.78. The summed E-state index contributed by atoms with van der Waals surface area (Å²) in [6.45, 7) is 3.75. The third-order valence-electron chi connectivity index (χ3n) is 2.63. The quantitative estimate of drug-likeness (QED) is 0.736. The van der Waals surface area contributed by atoms with Crippen LogP contribution in [-0.4, -0.2) is 13.4 Å². The first kappa shape index (κ1) is 11.4. The minimum absolute atomic E-state index is 0.125. The van der Waals surface area contributed by atoms with Crippen molar-refractivity contribution in [1.29, 1.82) is 0 Å². The molecule has 0 aliphatic heterocycles. The number of aromatic nitrogens is 1. The van der Waals surface area contributed by atoms with Crippen molar-refractivity contribution in [3.05, 3.63) is 35.5 Å². The molecule has 0 fully saturated rings. The minimum atomic E-state index is -3.74. The monoisotopic (exact) mass is 255 g/mol. The standard InChI is InChI=1S/C11H10ClNO2S/c1-7-6-10(16(12,14)15)9-4-3-5-13-11(9)8(7)2/h3-6H,1-2H3. The van der Waals surface area contributed by atoms with Crippen molar-refractivity contribution in [2.45, 2.75) is 18.7 Å². The zero-order valence-corrected chi connectivity index (χ0v) is 10.4. The van der Waals surface area contributed by atoms with Crippen LogP contribution in [0, 0.1) is 13.8 Å². The van der Waals surface area contributed by atoms with E-state index in [4.69, 9.17) is 10.7 Å². The summed E-state index contributed by atoms with van der Waals surface area (Å²) in [6, 6.07) is 4.99. The van der Waals surface area contributed by atoms with Gasteiger partial charge < -0.3 is 0 Å². The maximum absolute atomic E-state index is 11.4. The molecule has 3 nitrogen and oxygen atoms in total. The summed E-state index contributed by atoms with van der Waals surface area (Å²) >= 11 is 0. The number of aryl methyl sites for hydroxylation is 2. The molecular weight excluding hydrogens is 246 g/mol. The first-order valence-corrected chi connectivity index (χ1v) is 7.02. The maximum atomic E-state index is 11.4. The van der Waals surface area contributed by atoms with Gasteiger partial charge in [0.15, 0.2) is 0 Å². The fourth-order valence-corrected chi connectivity index (χ4v) is 2.80. The molecule has 1 aromatic heterocycles. The van der Waals surface area contributed by atoms with Crippen molar-refractivity contribution in [1.82, 2.24) is 4.98 Å². The smallest absolute Gasteiger partial charge is 0.256 e. The van der Waals surface area contributed by atoms with Gasteiger partial charge in [-0.25, -0.2) is 8.42 Å². The first-order valence-electron chi connectivity index (χ1n) is 4.71. The second-order valence-electron chi connectivity index (χ2n) is 3.65. The fourth-order valence-electron chi connectivity index (χ4n) is 1.67. The molecule has 5 heteroatoms. The summed E-state index contributed by atoms with van der Waals surface area (Å²) in [5.41, 5.74) is 2.52. The summed E-state index contributed by atoms with van der Waals surface area (Å²) in [7, 11) is 1.67. The lowest BCUT2D eigenvalue weighted by Gasteiger charge is -2.08. The van der Waals surface area contributed by atoms with Crippen LogP contribution in [0.15, 0.2) is 29.3 Å². The average molecular weight is 256 g/mol. The van der Waals surface area contributed by atoms with Crippen molar-refractivity contribution in [3.63, 3.8) is 0 Å². The van der Waals surface area contributed by atoms with Crippen molar-refractivity contribution >= 4 is 30.6 Å². The van der Waals surface area contributed by atoms with Crippen LogP contribution < -0.4 is 0 Å². The molecule has 84 valence electrons. The summed E-state index contributed by atoms with van der Waals surface area (Å²) < 4.78 is 22.9. The lowest BCUT2D eigenvalue weighted by atomic mass is 10.1. The molecule has 2 rings (SSSR count). The molecule has 0 bridgehead atoms. The Balaban J connectivity index is 3.02. The van der Waals surface area contributed by atoms with Crippen LogP contribution in [0.3, 0.4) is 0 Å². The van der Waals surface area contributed by atoms with Crippen LogP contribution in [0.4, 0.5) is 0 Å². The van der Waals surface area contributed by atoms with Crippen LogP contribution in [0.25, 0.3) is 10.9 Å². The fraction of sp³-hybridized carbons (Fsp3) is 0.182. The molecule has 1 aromatic carbocycles. The number of pyridine rings is 1. The van der Waals surface area contributed by atoms with Crippen LogP contribution in [0.5, 0.6) is 0 Å². The van der Waals surface area contributed by atoms with E-state index < -0.39 is 9.05 Å². The van der Waals surface area contributed by atoms with E-state index in [-0.39, 0.29) is 4.90 Å². The van der Waals surface area contributed by atoms with E-state index >= 15 is 0 Å². The van der Waals surface area contributed by atoms with E-state index in [0.29, 0.717) is 10.9 Å². The summed E-state index contributed by atoms with van der Waals surface area (Å²) in [5.74, 6) is 0. The van der Waals surface area contributed by atoms with Crippen LogP contribution in [0.2, 0.25) is 0 Å². The molecule has 0 unspecified atom stereocenters. The number of hydrogen-bond acceptors (Lipinski definition) is 3. The number of fused-ring (bicyclic) bond motifs is 1. The Hall–Kier alpha value is -1.13. The number of benzene rings is 1. The molecule has 0 saturated carbocycles. The molecule has 0 spiro atoms. The molecule has 16 heavy (non-hydrogen) atoms. The van der Waals surface area contributed by atoms with Gasteiger partial charge in [0, 0.05) is 22.3 Å². The molecule has 0 N–H and O–H groups in total. The summed E-state index contributed by atoms with van der Waals surface area (Å²) in [4.78, 5) is 4.32. The van der Waals surface area contributed by atoms with Crippen LogP contribution >= 0.6 is 10.7 Å². The number of nitrogens with zero attached hydrogens (tertiary/aromatic N) is 1. The Labute approximate surface area is 98.5 Å². The molecule has 1 heterocycles. The lowest BCUT2D eigenvalue weighted by molar-refractivity contribution is 0.610. The van der Waals surface area contributed by atoms with Gasteiger partial charge in [-0.3, -0.25) is 4.98 Å². The van der Waals surface area contributed by atoms with Crippen LogP contribution in [-0.2, 0) is 9.05 Å². The van der Waals surface area contributed by atoms with Gasteiger partial charge in [-0.2, -0.15) is 0 Å². The van der Waals surface area contributed by atoms with E-state index in [9.17, 15) is 8.42 Å². The average Bonchev–Trinajstić information content (AvgIpc) is 2.22. The van der Waals surface area contributed by atoms with E-state index in [0.717, 1.165) is 11.1 Å². The first-order chi connectivity index (χ1) is 7.41. The van der Waals surface area contributed by atoms with Gasteiger partial charge in [0.05, 0.1) is 10.4 Å². The Morgan fingerprint density at radius 2 is 2.00 bits per heavy atom. The summed E-state index contributed by atoms with van der Waals surface area (Å²) in [6.07, 6.45) is 1.64. The molecule has 0 aliphatic rings. The maximum Gasteiger partial charge on any atom is 0.261 e. The van der Waals surface area contributed by atoms with E-state index in [1.807, 2.05) is 13.8 Å². The Morgan fingerprint density at radius 3 is 2.62 bits per heavy atom. The zero-order valence-electron chi connectivity index (χ0n) is 8.86. The SMILES string of the molecule is Cc1cc(S(=O)(=O)Cl)c2cccnc2c1C. The van der Waals surface area contributed by atoms with Gasteiger partial charge in [0.25, 0.3) is 9.05 Å². The molecule has 2 aromatic rings. The second-order valence-corrected chi connectivity index (χ2v) is 6.19. The second kappa shape index (κ2) is 3.71. The van der Waals surface area contributed by atoms with Crippen molar-refractivity contribution < 1.29 is 8.42 Å². The Morgan fingerprint density at radius 1 is 1.31 bits per heavy atom. The van der Waals surface area contributed by atoms with Gasteiger partial charge in [-0.1, -0.05) is 0 Å². The molecular formula is C11H10ClNO2S. The topological polar surface area (TPSA) is 47.0 Å². The van der Waals surface area contributed by atoms with Gasteiger partial charge in [-0.15, -0.1) is 0 Å². The third kappa shape index (κ3) is 1.79. The largest absolute Gasteiger partial charge is 0.261 e. The number of rotatable bonds is 1. The van der Waals surface area contributed by atoms with Gasteiger partial charge in [0.2, 0.25) is 0 Å². The summed E-state index contributed by atoms with van der Waals surface area (Å²) in [5, 5.41) is 0.570. The van der Waals surface area contributed by atoms with E-state index in [1.165, 1.54) is 0 Å². The van der Waals surface area contributed by atoms with Crippen molar-refractivity contribution in [2.24, 2.45) is 0 Å². The molecule has 0 amide bonds. The highest BCUT2D eigenvalue weighted by Gasteiger charge is 2.17. The van der Waals surface area contributed by atoms with Gasteiger partial charge in [0.1, 0.15) is 0 Å². The Kier molecular flexibility index (Phi) is 2.64. The minimum Gasteiger partial charge on any atom is -0.256 e. The normalized spacial score (nSPS) is 11.9. The van der Waals surface area contributed by atoms with Gasteiger partial charge >= 0.3 is 0 Å². The Bertz CT molecular complexity index is 665. The van der Waals surface area contributed by atoms with Gasteiger partial charge in [-0.05, 0) is 43.2 Å². The van der Waals surface area contributed by atoms with Crippen LogP contribution in [0.1, 0.15) is 11.1 Å². The highest BCUT2D eigenvalue weighted by atomic mass is 35.7. The molecule has 0 radical (unpaired) electrons. The number of halogens is 1. The predicted molar refractivity (Wildman–Crippen MR) is 64.3 cm³/mol. The molecule has 0 aliphatic carbocycles. The number of hydrogen-bond donors (Lipinski definition) is 0. The molecule has 0 saturated heterocycles.